The zero-order valence-corrected chi connectivity index (χ0v) is 21.4. The smallest absolute Gasteiger partial charge is 0.114 e. The Labute approximate surface area is 196 Å². The van der Waals surface area contributed by atoms with Gasteiger partial charge in [-0.2, -0.15) is 0 Å². The third-order valence-electron chi connectivity index (χ3n) is 12.6. The zero-order chi connectivity index (χ0) is 22.5. The van der Waals surface area contributed by atoms with Crippen LogP contribution in [0.2, 0.25) is 0 Å². The molecule has 0 aromatic heterocycles. The van der Waals surface area contributed by atoms with Gasteiger partial charge in [0.2, 0.25) is 0 Å². The Hall–Kier alpha value is -0.380. The van der Waals surface area contributed by atoms with E-state index in [1.54, 1.807) is 0 Å². The molecule has 1 spiro atoms. The highest BCUT2D eigenvalue weighted by molar-refractivity contribution is 5.26. The highest BCUT2D eigenvalue weighted by Crippen LogP contribution is 2.82. The fourth-order valence-electron chi connectivity index (χ4n) is 10.8. The van der Waals surface area contributed by atoms with Crippen LogP contribution in [0.1, 0.15) is 86.0 Å². The van der Waals surface area contributed by atoms with Crippen LogP contribution in [0.5, 0.6) is 0 Å². The quantitative estimate of drug-likeness (QED) is 0.353. The van der Waals surface area contributed by atoms with Crippen LogP contribution in [0.25, 0.3) is 0 Å². The normalized spacial score (nSPS) is 55.0. The molecular weight excluding hydrogens is 396 g/mol. The lowest BCUT2D eigenvalue weighted by molar-refractivity contribution is -0.328. The minimum Gasteiger partial charge on any atom is -0.381 e. The fraction of sp³-hybridized carbons (Fsp3) is 0.931. The number of ether oxygens (including phenoxy) is 1. The molecule has 5 aliphatic carbocycles. The fourth-order valence-corrected chi connectivity index (χ4v) is 10.8. The average Bonchev–Trinajstić information content (AvgIpc) is 3.30. The molecule has 0 radical (unpaired) electrons. The first-order valence-corrected chi connectivity index (χ1v) is 13.8. The van der Waals surface area contributed by atoms with Crippen molar-refractivity contribution in [1.29, 1.82) is 0 Å². The van der Waals surface area contributed by atoms with E-state index in [0.717, 1.165) is 29.6 Å². The molecule has 3 nitrogen and oxygen atoms in total. The number of methoxy groups -OCH3 is 1. The van der Waals surface area contributed by atoms with Crippen LogP contribution in [-0.4, -0.2) is 25.9 Å². The van der Waals surface area contributed by atoms with E-state index in [1.807, 2.05) is 7.11 Å². The lowest BCUT2D eigenvalue weighted by atomic mass is 9.45. The summed E-state index contributed by atoms with van der Waals surface area (Å²) in [5.74, 6) is 5.39. The molecule has 0 saturated heterocycles. The molecule has 0 amide bonds. The van der Waals surface area contributed by atoms with Crippen molar-refractivity contribution in [1.82, 2.24) is 0 Å². The van der Waals surface area contributed by atoms with E-state index in [2.05, 4.69) is 40.7 Å². The monoisotopic (exact) mass is 442 g/mol. The van der Waals surface area contributed by atoms with Crippen molar-refractivity contribution < 1.29 is 14.5 Å². The molecule has 6 rings (SSSR count). The van der Waals surface area contributed by atoms with Gasteiger partial charge in [-0.3, -0.25) is 0 Å². The van der Waals surface area contributed by atoms with Crippen LogP contribution in [-0.2, 0) is 14.5 Å². The Kier molecular flexibility index (Phi) is 5.05. The Balaban J connectivity index is 1.27. The summed E-state index contributed by atoms with van der Waals surface area (Å²) in [6.07, 6.45) is 14.3. The number of fused-ring (bicyclic) bond motifs is 4. The summed E-state index contributed by atoms with van der Waals surface area (Å²) in [6.45, 7) is 13.0. The molecule has 0 aromatic carbocycles. The third kappa shape index (κ3) is 2.71. The molecule has 0 unspecified atom stereocenters. The summed E-state index contributed by atoms with van der Waals surface area (Å²) in [4.78, 5) is 11.5. The van der Waals surface area contributed by atoms with Gasteiger partial charge in [0.1, 0.15) is 12.7 Å². The van der Waals surface area contributed by atoms with Gasteiger partial charge in [-0.05, 0) is 109 Å². The first-order valence-electron chi connectivity index (χ1n) is 13.8. The Bertz CT molecular complexity index is 789. The summed E-state index contributed by atoms with van der Waals surface area (Å²) in [5, 5.41) is 0. The van der Waals surface area contributed by atoms with Crippen molar-refractivity contribution in [3.05, 3.63) is 11.6 Å². The van der Waals surface area contributed by atoms with Gasteiger partial charge in [0.15, 0.2) is 0 Å². The highest BCUT2D eigenvalue weighted by Gasteiger charge is 2.77. The third-order valence-corrected chi connectivity index (χ3v) is 12.6. The van der Waals surface area contributed by atoms with E-state index in [4.69, 9.17) is 14.5 Å². The van der Waals surface area contributed by atoms with Crippen molar-refractivity contribution in [2.24, 2.45) is 57.7 Å². The second-order valence-corrected chi connectivity index (χ2v) is 13.5. The molecule has 1 aliphatic heterocycles. The summed E-state index contributed by atoms with van der Waals surface area (Å²) in [7, 11) is 2.01. The van der Waals surface area contributed by atoms with Crippen LogP contribution >= 0.6 is 0 Å². The van der Waals surface area contributed by atoms with Gasteiger partial charge < -0.3 is 4.74 Å². The second kappa shape index (κ2) is 7.31. The largest absolute Gasteiger partial charge is 0.381 e. The standard InChI is InChI=1S/C29H46O3/c1-17(2)19-13-25(32-31-16-19)18(3)22-7-8-23-21-14-26(30-6)29-15-20(29)9-12-28(29,5)24(21)10-11-27(22,23)4/h13,17-18,20-26H,7-12,14-16H2,1-6H3/t18-,20+,21-,22+,23-,24-,25+,26+,27+,28+,29-/m0/s1. The molecule has 0 aromatic rings. The van der Waals surface area contributed by atoms with Crippen molar-refractivity contribution in [2.75, 3.05) is 13.7 Å². The molecule has 5 saturated carbocycles. The van der Waals surface area contributed by atoms with Gasteiger partial charge in [0.25, 0.3) is 0 Å². The van der Waals surface area contributed by atoms with Crippen LogP contribution in [0.4, 0.5) is 0 Å². The van der Waals surface area contributed by atoms with Gasteiger partial charge in [0, 0.05) is 12.5 Å². The Morgan fingerprint density at radius 1 is 1.03 bits per heavy atom. The minimum absolute atomic E-state index is 0.111. The summed E-state index contributed by atoms with van der Waals surface area (Å²) in [5.41, 5.74) is 2.91. The molecule has 1 heterocycles. The molecule has 6 aliphatic rings. The topological polar surface area (TPSA) is 27.7 Å². The Morgan fingerprint density at radius 3 is 2.56 bits per heavy atom. The van der Waals surface area contributed by atoms with Crippen LogP contribution < -0.4 is 0 Å². The van der Waals surface area contributed by atoms with Gasteiger partial charge in [0.05, 0.1) is 6.10 Å². The first-order chi connectivity index (χ1) is 15.3. The molecule has 5 fully saturated rings. The molecular formula is C29H46O3. The molecule has 3 heteroatoms. The lowest BCUT2D eigenvalue weighted by Gasteiger charge is -2.61. The predicted molar refractivity (Wildman–Crippen MR) is 127 cm³/mol. The van der Waals surface area contributed by atoms with Crippen LogP contribution in [0, 0.1) is 57.7 Å². The summed E-state index contributed by atoms with van der Waals surface area (Å²) < 4.78 is 6.30. The van der Waals surface area contributed by atoms with E-state index in [0.29, 0.717) is 40.8 Å². The minimum atomic E-state index is 0.111. The maximum absolute atomic E-state index is 6.30. The molecule has 11 atom stereocenters. The second-order valence-electron chi connectivity index (χ2n) is 13.5. The SMILES string of the molecule is CO[C@@H]1C[C@H]2[C@@H]3CC[C@H]([C@H](C)[C@H]4C=C(C(C)C)COO4)[C@@]3(C)CC[C@@H]2[C@@]2(C)CC[C@@H]3C[C@]312. The van der Waals surface area contributed by atoms with Gasteiger partial charge >= 0.3 is 0 Å². The molecule has 0 N–H and O–H groups in total. The van der Waals surface area contributed by atoms with E-state index < -0.39 is 0 Å². The highest BCUT2D eigenvalue weighted by atomic mass is 17.2. The van der Waals surface area contributed by atoms with Crippen LogP contribution in [0.15, 0.2) is 11.6 Å². The van der Waals surface area contributed by atoms with Gasteiger partial charge in [-0.1, -0.05) is 40.7 Å². The van der Waals surface area contributed by atoms with Gasteiger partial charge in [-0.25, -0.2) is 9.78 Å². The molecule has 32 heavy (non-hydrogen) atoms. The Morgan fingerprint density at radius 2 is 1.84 bits per heavy atom. The van der Waals surface area contributed by atoms with Crippen molar-refractivity contribution >= 4 is 0 Å². The first kappa shape index (κ1) is 22.1. The summed E-state index contributed by atoms with van der Waals surface area (Å²) in [6, 6.07) is 0. The maximum atomic E-state index is 6.30. The van der Waals surface area contributed by atoms with Crippen LogP contribution in [0.3, 0.4) is 0 Å². The molecule has 180 valence electrons. The lowest BCUT2D eigenvalue weighted by Crippen LogP contribution is -2.57. The molecule has 0 bridgehead atoms. The van der Waals surface area contributed by atoms with Crippen molar-refractivity contribution in [3.8, 4) is 0 Å². The zero-order valence-electron chi connectivity index (χ0n) is 21.4. The van der Waals surface area contributed by atoms with Crippen molar-refractivity contribution in [3.63, 3.8) is 0 Å². The predicted octanol–water partition coefficient (Wildman–Crippen LogP) is 6.82. The number of hydrogen-bond donors (Lipinski definition) is 0. The summed E-state index contributed by atoms with van der Waals surface area (Å²) >= 11 is 0. The average molecular weight is 443 g/mol. The van der Waals surface area contributed by atoms with Gasteiger partial charge in [-0.15, -0.1) is 0 Å². The van der Waals surface area contributed by atoms with E-state index in [9.17, 15) is 0 Å². The number of hydrogen-bond acceptors (Lipinski definition) is 3. The number of rotatable bonds is 4. The van der Waals surface area contributed by atoms with E-state index >= 15 is 0 Å². The van der Waals surface area contributed by atoms with Crippen molar-refractivity contribution in [2.45, 2.75) is 98.2 Å². The van der Waals surface area contributed by atoms with E-state index in [-0.39, 0.29) is 6.10 Å². The maximum Gasteiger partial charge on any atom is 0.114 e. The van der Waals surface area contributed by atoms with E-state index in [1.165, 1.54) is 56.9 Å².